The number of benzene rings is 3. The lowest BCUT2D eigenvalue weighted by molar-refractivity contribution is -0.126. The van der Waals surface area contributed by atoms with E-state index in [1.54, 1.807) is 0 Å². The van der Waals surface area contributed by atoms with Crippen LogP contribution in [0.15, 0.2) is 66.7 Å². The van der Waals surface area contributed by atoms with Crippen LogP contribution in [0.2, 0.25) is 0 Å². The van der Waals surface area contributed by atoms with E-state index in [0.29, 0.717) is 11.3 Å². The van der Waals surface area contributed by atoms with Crippen molar-refractivity contribution in [3.8, 4) is 5.75 Å². The van der Waals surface area contributed by atoms with E-state index in [0.717, 1.165) is 21.9 Å². The van der Waals surface area contributed by atoms with Crippen molar-refractivity contribution in [2.24, 2.45) is 0 Å². The van der Waals surface area contributed by atoms with Gasteiger partial charge in [0.15, 0.2) is 0 Å². The maximum absolute atomic E-state index is 12.2. The van der Waals surface area contributed by atoms with Crippen molar-refractivity contribution in [1.29, 1.82) is 0 Å². The Balaban J connectivity index is 1.99. The van der Waals surface area contributed by atoms with Gasteiger partial charge in [0, 0.05) is 5.56 Å². The zero-order chi connectivity index (χ0) is 14.2. The van der Waals surface area contributed by atoms with Crippen molar-refractivity contribution < 1.29 is 9.53 Å². The van der Waals surface area contributed by atoms with E-state index in [4.69, 9.17) is 4.74 Å². The zero-order valence-corrected chi connectivity index (χ0v) is 11.2. The van der Waals surface area contributed by atoms with Crippen molar-refractivity contribution in [2.75, 3.05) is 0 Å². The van der Waals surface area contributed by atoms with E-state index in [2.05, 4.69) is 0 Å². The molecule has 3 aromatic carbocycles. The first-order valence-corrected chi connectivity index (χ1v) is 6.84. The topological polar surface area (TPSA) is 26.3 Å². The summed E-state index contributed by atoms with van der Waals surface area (Å²) in [5, 5.41) is 2.15. The fourth-order valence-corrected chi connectivity index (χ4v) is 2.72. The van der Waals surface area contributed by atoms with Crippen molar-refractivity contribution in [3.05, 3.63) is 77.9 Å². The highest BCUT2D eigenvalue weighted by Gasteiger charge is 2.28. The molecule has 1 aliphatic rings. The Morgan fingerprint density at radius 2 is 1.57 bits per heavy atom. The minimum absolute atomic E-state index is 0.287. The lowest BCUT2D eigenvalue weighted by Gasteiger charge is -2.03. The highest BCUT2D eigenvalue weighted by Crippen LogP contribution is 2.40. The van der Waals surface area contributed by atoms with E-state index in [1.165, 1.54) is 0 Å². The van der Waals surface area contributed by atoms with E-state index < -0.39 is 0 Å². The second-order valence-electron chi connectivity index (χ2n) is 5.02. The number of hydrogen-bond acceptors (Lipinski definition) is 2. The molecule has 0 amide bonds. The molecule has 0 N–H and O–H groups in total. The Labute approximate surface area is 122 Å². The molecule has 0 aromatic heterocycles. The summed E-state index contributed by atoms with van der Waals surface area (Å²) in [6.45, 7) is 0. The molecule has 1 heterocycles. The van der Waals surface area contributed by atoms with Crippen molar-refractivity contribution >= 4 is 28.4 Å². The van der Waals surface area contributed by atoms with Gasteiger partial charge in [-0.15, -0.1) is 0 Å². The van der Waals surface area contributed by atoms with Crippen LogP contribution >= 0.6 is 0 Å². The largest absolute Gasteiger partial charge is 0.422 e. The molecule has 0 radical (unpaired) electrons. The van der Waals surface area contributed by atoms with E-state index >= 15 is 0 Å². The maximum Gasteiger partial charge on any atom is 0.344 e. The number of esters is 1. The fourth-order valence-electron chi connectivity index (χ4n) is 2.72. The molecule has 3 aromatic rings. The number of ether oxygens (including phenoxy) is 1. The molecule has 21 heavy (non-hydrogen) atoms. The van der Waals surface area contributed by atoms with E-state index in [-0.39, 0.29) is 5.97 Å². The quantitative estimate of drug-likeness (QED) is 0.375. The Kier molecular flexibility index (Phi) is 2.61. The van der Waals surface area contributed by atoms with Gasteiger partial charge in [0.25, 0.3) is 0 Å². The zero-order valence-electron chi connectivity index (χ0n) is 11.2. The summed E-state index contributed by atoms with van der Waals surface area (Å²) in [4.78, 5) is 12.2. The maximum atomic E-state index is 12.2. The molecule has 2 heteroatoms. The number of hydrogen-bond donors (Lipinski definition) is 0. The molecule has 0 bridgehead atoms. The average Bonchev–Trinajstić information content (AvgIpc) is 2.85. The number of rotatable bonds is 1. The van der Waals surface area contributed by atoms with Gasteiger partial charge >= 0.3 is 5.97 Å². The summed E-state index contributed by atoms with van der Waals surface area (Å²) >= 11 is 0. The minimum Gasteiger partial charge on any atom is -0.422 e. The lowest BCUT2D eigenvalue weighted by atomic mass is 9.97. The normalized spacial score (nSPS) is 15.2. The van der Waals surface area contributed by atoms with Gasteiger partial charge in [-0.2, -0.15) is 0 Å². The highest BCUT2D eigenvalue weighted by molar-refractivity contribution is 6.29. The summed E-state index contributed by atoms with van der Waals surface area (Å²) in [7, 11) is 0. The minimum atomic E-state index is -0.287. The highest BCUT2D eigenvalue weighted by atomic mass is 16.5. The number of carbonyl (C=O) groups is 1. The van der Waals surface area contributed by atoms with Crippen LogP contribution in [-0.2, 0) is 4.79 Å². The van der Waals surface area contributed by atoms with Crippen LogP contribution in [0.1, 0.15) is 11.1 Å². The molecule has 0 saturated heterocycles. The predicted octanol–water partition coefficient (Wildman–Crippen LogP) is 4.30. The lowest BCUT2D eigenvalue weighted by Crippen LogP contribution is -2.00. The van der Waals surface area contributed by atoms with Crippen LogP contribution in [0, 0.1) is 0 Å². The van der Waals surface area contributed by atoms with Crippen LogP contribution < -0.4 is 4.74 Å². The molecule has 2 nitrogen and oxygen atoms in total. The SMILES string of the molecule is O=C1Oc2ccc3ccccc3c2/C1=C/c1ccccc1. The van der Waals surface area contributed by atoms with E-state index in [9.17, 15) is 4.79 Å². The van der Waals surface area contributed by atoms with Crippen molar-refractivity contribution in [1.82, 2.24) is 0 Å². The summed E-state index contributed by atoms with van der Waals surface area (Å²) in [5.41, 5.74) is 2.50. The first kappa shape index (κ1) is 11.9. The van der Waals surface area contributed by atoms with E-state index in [1.807, 2.05) is 72.8 Å². The summed E-state index contributed by atoms with van der Waals surface area (Å²) in [6, 6.07) is 21.7. The van der Waals surface area contributed by atoms with Crippen molar-refractivity contribution in [3.63, 3.8) is 0 Å². The van der Waals surface area contributed by atoms with Crippen LogP contribution in [0.25, 0.3) is 22.4 Å². The predicted molar refractivity (Wildman–Crippen MR) is 83.9 cm³/mol. The van der Waals surface area contributed by atoms with Crippen LogP contribution in [0.4, 0.5) is 0 Å². The summed E-state index contributed by atoms with van der Waals surface area (Å²) in [6.07, 6.45) is 1.89. The molecule has 1 aliphatic heterocycles. The molecule has 0 spiro atoms. The Hall–Kier alpha value is -2.87. The van der Waals surface area contributed by atoms with Gasteiger partial charge in [-0.1, -0.05) is 60.7 Å². The Morgan fingerprint density at radius 3 is 2.43 bits per heavy atom. The molecule has 0 fully saturated rings. The third-order valence-electron chi connectivity index (χ3n) is 3.69. The molecule has 4 rings (SSSR count). The standard InChI is InChI=1S/C19H12O2/c20-19-16(12-13-6-2-1-3-7-13)18-15-9-5-4-8-14(15)10-11-17(18)21-19/h1-12H/b16-12-. The first-order valence-electron chi connectivity index (χ1n) is 6.84. The summed E-state index contributed by atoms with van der Waals surface area (Å²) in [5.74, 6) is 0.353. The second-order valence-corrected chi connectivity index (χ2v) is 5.02. The van der Waals surface area contributed by atoms with Gasteiger partial charge in [0.2, 0.25) is 0 Å². The summed E-state index contributed by atoms with van der Waals surface area (Å²) < 4.78 is 5.39. The molecule has 100 valence electrons. The number of carbonyl (C=O) groups excluding carboxylic acids is 1. The smallest absolute Gasteiger partial charge is 0.344 e. The molecule has 0 aliphatic carbocycles. The Bertz CT molecular complexity index is 876. The van der Waals surface area contributed by atoms with Crippen LogP contribution in [0.3, 0.4) is 0 Å². The van der Waals surface area contributed by atoms with Gasteiger partial charge < -0.3 is 4.74 Å². The fraction of sp³-hybridized carbons (Fsp3) is 0. The number of fused-ring (bicyclic) bond motifs is 3. The second kappa shape index (κ2) is 4.60. The van der Waals surface area contributed by atoms with Crippen molar-refractivity contribution in [2.45, 2.75) is 0 Å². The third-order valence-corrected chi connectivity index (χ3v) is 3.69. The first-order chi connectivity index (χ1) is 10.3. The average molecular weight is 272 g/mol. The van der Waals surface area contributed by atoms with Crippen LogP contribution in [0.5, 0.6) is 5.75 Å². The molecule has 0 atom stereocenters. The monoisotopic (exact) mass is 272 g/mol. The van der Waals surface area contributed by atoms with Gasteiger partial charge in [-0.05, 0) is 28.5 Å². The van der Waals surface area contributed by atoms with Gasteiger partial charge in [-0.3, -0.25) is 0 Å². The van der Waals surface area contributed by atoms with Gasteiger partial charge in [-0.25, -0.2) is 4.79 Å². The molecular formula is C19H12O2. The van der Waals surface area contributed by atoms with Crippen LogP contribution in [-0.4, -0.2) is 5.97 Å². The molecular weight excluding hydrogens is 260 g/mol. The molecule has 0 saturated carbocycles. The third kappa shape index (κ3) is 1.93. The van der Waals surface area contributed by atoms with Gasteiger partial charge in [0.1, 0.15) is 5.75 Å². The molecule has 0 unspecified atom stereocenters. The Morgan fingerprint density at radius 1 is 0.810 bits per heavy atom. The van der Waals surface area contributed by atoms with Gasteiger partial charge in [0.05, 0.1) is 5.57 Å².